The van der Waals surface area contributed by atoms with Crippen molar-refractivity contribution in [1.82, 2.24) is 0 Å². The number of hydrogen-bond acceptors (Lipinski definition) is 3. The third-order valence-corrected chi connectivity index (χ3v) is 3.31. The highest BCUT2D eigenvalue weighted by molar-refractivity contribution is 9.10. The van der Waals surface area contributed by atoms with Crippen LogP contribution in [-0.4, -0.2) is 12.6 Å². The fourth-order valence-electron chi connectivity index (χ4n) is 1.75. The molecule has 108 valence electrons. The molecule has 2 aromatic rings. The van der Waals surface area contributed by atoms with Crippen molar-refractivity contribution in [3.63, 3.8) is 0 Å². The maximum atomic E-state index is 11.9. The molecule has 3 nitrogen and oxygen atoms in total. The molecule has 0 radical (unpaired) electrons. The molecule has 0 unspecified atom stereocenters. The normalized spacial score (nSPS) is 9.95. The van der Waals surface area contributed by atoms with Gasteiger partial charge in [0.2, 0.25) is 0 Å². The van der Waals surface area contributed by atoms with Crippen molar-refractivity contribution in [2.75, 3.05) is 6.61 Å². The van der Waals surface area contributed by atoms with E-state index in [4.69, 9.17) is 9.47 Å². The summed E-state index contributed by atoms with van der Waals surface area (Å²) < 4.78 is 11.7. The molecule has 0 aliphatic heterocycles. The minimum atomic E-state index is -0.370. The van der Waals surface area contributed by atoms with Gasteiger partial charge in [-0.15, -0.1) is 0 Å². The zero-order valence-corrected chi connectivity index (χ0v) is 13.0. The average Bonchev–Trinajstić information content (AvgIpc) is 2.52. The zero-order chi connectivity index (χ0) is 15.1. The van der Waals surface area contributed by atoms with E-state index < -0.39 is 0 Å². The molecular weight excluding hydrogens is 332 g/mol. The minimum absolute atomic E-state index is 0.195. The van der Waals surface area contributed by atoms with Crippen LogP contribution in [0.3, 0.4) is 0 Å². The van der Waals surface area contributed by atoms with Gasteiger partial charge in [-0.25, -0.2) is 4.79 Å². The van der Waals surface area contributed by atoms with Crippen molar-refractivity contribution in [2.45, 2.75) is 6.61 Å². The van der Waals surface area contributed by atoms with Crippen molar-refractivity contribution >= 4 is 21.9 Å². The number of ether oxygens (including phenoxy) is 2. The molecule has 0 atom stereocenters. The van der Waals surface area contributed by atoms with Crippen LogP contribution < -0.4 is 4.74 Å². The average molecular weight is 347 g/mol. The summed E-state index contributed by atoms with van der Waals surface area (Å²) in [5.74, 6) is 0.373. The van der Waals surface area contributed by atoms with Crippen molar-refractivity contribution < 1.29 is 14.3 Å². The van der Waals surface area contributed by atoms with Gasteiger partial charge >= 0.3 is 5.97 Å². The Morgan fingerprint density at radius 2 is 1.86 bits per heavy atom. The lowest BCUT2D eigenvalue weighted by Gasteiger charge is -2.10. The standard InChI is InChI=1S/C17H15BrO3/c1-2-11-20-17(19)16-6-4-3-5-13(16)12-21-15-9-7-14(18)8-10-15/h2-10H,1,11-12H2. The lowest BCUT2D eigenvalue weighted by atomic mass is 10.1. The maximum Gasteiger partial charge on any atom is 0.338 e. The van der Waals surface area contributed by atoms with E-state index in [1.165, 1.54) is 0 Å². The Balaban J connectivity index is 2.07. The second kappa shape index (κ2) is 7.64. The third-order valence-electron chi connectivity index (χ3n) is 2.78. The number of hydrogen-bond donors (Lipinski definition) is 0. The molecule has 2 aromatic carbocycles. The first-order valence-electron chi connectivity index (χ1n) is 6.45. The lowest BCUT2D eigenvalue weighted by molar-refractivity contribution is 0.0546. The second-order valence-electron chi connectivity index (χ2n) is 4.29. The lowest BCUT2D eigenvalue weighted by Crippen LogP contribution is -2.10. The van der Waals surface area contributed by atoms with Crippen LogP contribution in [0, 0.1) is 0 Å². The van der Waals surface area contributed by atoms with E-state index in [2.05, 4.69) is 22.5 Å². The van der Waals surface area contributed by atoms with Crippen molar-refractivity contribution in [1.29, 1.82) is 0 Å². The first-order chi connectivity index (χ1) is 10.2. The molecule has 0 aliphatic carbocycles. The van der Waals surface area contributed by atoms with Crippen molar-refractivity contribution in [2.24, 2.45) is 0 Å². The molecule has 0 saturated heterocycles. The van der Waals surface area contributed by atoms with Gasteiger partial charge in [-0.1, -0.05) is 46.8 Å². The number of carbonyl (C=O) groups excluding carboxylic acids is 1. The Bertz CT molecular complexity index is 620. The molecule has 2 rings (SSSR count). The molecule has 4 heteroatoms. The Kier molecular flexibility index (Phi) is 5.58. The van der Waals surface area contributed by atoms with E-state index in [0.29, 0.717) is 12.2 Å². The Morgan fingerprint density at radius 1 is 1.14 bits per heavy atom. The minimum Gasteiger partial charge on any atom is -0.489 e. The van der Waals surface area contributed by atoms with Crippen LogP contribution in [0.15, 0.2) is 65.7 Å². The number of esters is 1. The third kappa shape index (κ3) is 4.46. The molecule has 0 heterocycles. The zero-order valence-electron chi connectivity index (χ0n) is 11.4. The molecule has 21 heavy (non-hydrogen) atoms. The Morgan fingerprint density at radius 3 is 2.57 bits per heavy atom. The van der Waals surface area contributed by atoms with Gasteiger partial charge in [0.1, 0.15) is 19.0 Å². The predicted molar refractivity (Wildman–Crippen MR) is 85.4 cm³/mol. The maximum absolute atomic E-state index is 11.9. The molecule has 0 aromatic heterocycles. The highest BCUT2D eigenvalue weighted by atomic mass is 79.9. The van der Waals surface area contributed by atoms with Gasteiger partial charge in [0.05, 0.1) is 5.56 Å². The van der Waals surface area contributed by atoms with E-state index in [1.54, 1.807) is 18.2 Å². The summed E-state index contributed by atoms with van der Waals surface area (Å²) in [6.45, 7) is 4.03. The van der Waals surface area contributed by atoms with Gasteiger partial charge in [-0.3, -0.25) is 0 Å². The first-order valence-corrected chi connectivity index (χ1v) is 7.24. The van der Waals surface area contributed by atoms with Crippen LogP contribution in [-0.2, 0) is 11.3 Å². The second-order valence-corrected chi connectivity index (χ2v) is 5.20. The van der Waals surface area contributed by atoms with Crippen molar-refractivity contribution in [3.8, 4) is 5.75 Å². The number of rotatable bonds is 6. The summed E-state index contributed by atoms with van der Waals surface area (Å²) in [5.41, 5.74) is 1.30. The van der Waals surface area contributed by atoms with Gasteiger partial charge in [0.15, 0.2) is 0 Å². The van der Waals surface area contributed by atoms with Crippen LogP contribution in [0.4, 0.5) is 0 Å². The highest BCUT2D eigenvalue weighted by Gasteiger charge is 2.12. The van der Waals surface area contributed by atoms with Gasteiger partial charge in [0.25, 0.3) is 0 Å². The smallest absolute Gasteiger partial charge is 0.338 e. The summed E-state index contributed by atoms with van der Waals surface area (Å²) in [6.07, 6.45) is 1.54. The van der Waals surface area contributed by atoms with Crippen LogP contribution in [0.25, 0.3) is 0 Å². The summed E-state index contributed by atoms with van der Waals surface area (Å²) in [4.78, 5) is 11.9. The van der Waals surface area contributed by atoms with Crippen LogP contribution >= 0.6 is 15.9 Å². The van der Waals surface area contributed by atoms with E-state index >= 15 is 0 Å². The molecule has 0 N–H and O–H groups in total. The van der Waals surface area contributed by atoms with Gasteiger partial charge < -0.3 is 9.47 Å². The van der Waals surface area contributed by atoms with E-state index in [1.807, 2.05) is 36.4 Å². The Labute approximate surface area is 132 Å². The SMILES string of the molecule is C=CCOC(=O)c1ccccc1COc1ccc(Br)cc1. The molecule has 0 saturated carbocycles. The van der Waals surface area contributed by atoms with Gasteiger partial charge in [-0.2, -0.15) is 0 Å². The Hall–Kier alpha value is -2.07. The molecule has 0 amide bonds. The van der Waals surface area contributed by atoms with E-state index in [0.717, 1.165) is 15.8 Å². The van der Waals surface area contributed by atoms with Gasteiger partial charge in [0, 0.05) is 10.0 Å². The molecule has 0 spiro atoms. The molecule has 0 bridgehead atoms. The first kappa shape index (κ1) is 15.3. The fourth-order valence-corrected chi connectivity index (χ4v) is 2.01. The quantitative estimate of drug-likeness (QED) is 0.575. The summed E-state index contributed by atoms with van der Waals surface area (Å²) in [5, 5.41) is 0. The summed E-state index contributed by atoms with van der Waals surface area (Å²) in [6, 6.07) is 14.8. The van der Waals surface area contributed by atoms with Crippen LogP contribution in [0.2, 0.25) is 0 Å². The predicted octanol–water partition coefficient (Wildman–Crippen LogP) is 4.37. The van der Waals surface area contributed by atoms with Crippen LogP contribution in [0.1, 0.15) is 15.9 Å². The van der Waals surface area contributed by atoms with E-state index in [-0.39, 0.29) is 12.6 Å². The highest BCUT2D eigenvalue weighted by Crippen LogP contribution is 2.18. The monoisotopic (exact) mass is 346 g/mol. The topological polar surface area (TPSA) is 35.5 Å². The van der Waals surface area contributed by atoms with Crippen LogP contribution in [0.5, 0.6) is 5.75 Å². The number of benzene rings is 2. The van der Waals surface area contributed by atoms with Gasteiger partial charge in [-0.05, 0) is 30.3 Å². The molecule has 0 aliphatic rings. The summed E-state index contributed by atoms with van der Waals surface area (Å²) >= 11 is 3.37. The number of carbonyl (C=O) groups is 1. The fraction of sp³-hybridized carbons (Fsp3) is 0.118. The molecule has 0 fully saturated rings. The number of halogens is 1. The summed E-state index contributed by atoms with van der Waals surface area (Å²) in [7, 11) is 0. The van der Waals surface area contributed by atoms with E-state index in [9.17, 15) is 4.79 Å². The van der Waals surface area contributed by atoms with Crippen molar-refractivity contribution in [3.05, 3.63) is 76.8 Å². The molecular formula is C17H15BrO3. The largest absolute Gasteiger partial charge is 0.489 e.